The van der Waals surface area contributed by atoms with Crippen molar-refractivity contribution < 1.29 is 17.9 Å². The maximum absolute atomic E-state index is 12.5. The van der Waals surface area contributed by atoms with Gasteiger partial charge in [0.15, 0.2) is 0 Å². The van der Waals surface area contributed by atoms with Crippen LogP contribution in [0.5, 0.6) is 5.75 Å². The number of carbonyl (C=O) groups excluding carboxylic acids is 1. The van der Waals surface area contributed by atoms with Crippen LogP contribution < -0.4 is 14.8 Å². The van der Waals surface area contributed by atoms with Crippen molar-refractivity contribution >= 4 is 27.3 Å². The number of sulfonamides is 1. The Labute approximate surface area is 135 Å². The number of aryl methyl sites for hydroxylation is 1. The summed E-state index contributed by atoms with van der Waals surface area (Å²) in [5.41, 5.74) is 1.72. The van der Waals surface area contributed by atoms with Gasteiger partial charge in [-0.1, -0.05) is 12.1 Å². The molecule has 0 aliphatic rings. The molecular weight excluding hydrogens is 316 g/mol. The SMILES string of the molecule is COc1ccc(S(=O)(=O)Nc2cccc(C)c2)cc1NC(C)=O. The van der Waals surface area contributed by atoms with E-state index in [4.69, 9.17) is 4.74 Å². The minimum absolute atomic E-state index is 0.0311. The maximum Gasteiger partial charge on any atom is 0.261 e. The van der Waals surface area contributed by atoms with Gasteiger partial charge in [-0.05, 0) is 42.8 Å². The molecule has 0 saturated heterocycles. The zero-order valence-electron chi connectivity index (χ0n) is 13.1. The molecule has 2 aromatic carbocycles. The molecule has 0 saturated carbocycles. The lowest BCUT2D eigenvalue weighted by Gasteiger charge is -2.13. The van der Waals surface area contributed by atoms with Gasteiger partial charge in [0.25, 0.3) is 10.0 Å². The van der Waals surface area contributed by atoms with E-state index in [1.807, 2.05) is 13.0 Å². The second-order valence-corrected chi connectivity index (χ2v) is 6.70. The lowest BCUT2D eigenvalue weighted by molar-refractivity contribution is -0.114. The van der Waals surface area contributed by atoms with Crippen LogP contribution in [0.4, 0.5) is 11.4 Å². The Hall–Kier alpha value is -2.54. The maximum atomic E-state index is 12.5. The van der Waals surface area contributed by atoms with Gasteiger partial charge in [-0.15, -0.1) is 0 Å². The summed E-state index contributed by atoms with van der Waals surface area (Å²) < 4.78 is 32.6. The first-order valence-corrected chi connectivity index (χ1v) is 8.35. The summed E-state index contributed by atoms with van der Waals surface area (Å²) >= 11 is 0. The van der Waals surface area contributed by atoms with Gasteiger partial charge in [0.1, 0.15) is 5.75 Å². The second kappa shape index (κ2) is 6.70. The normalized spacial score (nSPS) is 10.9. The van der Waals surface area contributed by atoms with Crippen LogP contribution in [0.3, 0.4) is 0 Å². The molecule has 0 heterocycles. The number of methoxy groups -OCH3 is 1. The summed E-state index contributed by atoms with van der Waals surface area (Å²) in [7, 11) is -2.33. The molecule has 0 unspecified atom stereocenters. The molecule has 1 amide bonds. The molecule has 23 heavy (non-hydrogen) atoms. The Morgan fingerprint density at radius 2 is 1.87 bits per heavy atom. The van der Waals surface area contributed by atoms with Crippen molar-refractivity contribution in [2.24, 2.45) is 0 Å². The molecule has 0 bridgehead atoms. The first-order chi connectivity index (χ1) is 10.8. The number of carbonyl (C=O) groups is 1. The highest BCUT2D eigenvalue weighted by atomic mass is 32.2. The van der Waals surface area contributed by atoms with E-state index in [1.165, 1.54) is 32.2 Å². The summed E-state index contributed by atoms with van der Waals surface area (Å²) in [5, 5.41) is 2.55. The van der Waals surface area contributed by atoms with E-state index in [0.29, 0.717) is 17.1 Å². The summed E-state index contributed by atoms with van der Waals surface area (Å²) in [6, 6.07) is 11.3. The van der Waals surface area contributed by atoms with Gasteiger partial charge < -0.3 is 10.1 Å². The minimum atomic E-state index is -3.77. The molecule has 2 rings (SSSR count). The topological polar surface area (TPSA) is 84.5 Å². The highest BCUT2D eigenvalue weighted by Gasteiger charge is 2.17. The van der Waals surface area contributed by atoms with E-state index in [2.05, 4.69) is 10.0 Å². The van der Waals surface area contributed by atoms with Crippen molar-refractivity contribution in [2.45, 2.75) is 18.7 Å². The van der Waals surface area contributed by atoms with E-state index in [9.17, 15) is 13.2 Å². The summed E-state index contributed by atoms with van der Waals surface area (Å²) in [6.07, 6.45) is 0. The molecule has 2 aromatic rings. The Kier molecular flexibility index (Phi) is 4.90. The van der Waals surface area contributed by atoms with Gasteiger partial charge in [0, 0.05) is 12.6 Å². The molecule has 0 spiro atoms. The lowest BCUT2D eigenvalue weighted by atomic mass is 10.2. The first kappa shape index (κ1) is 16.8. The number of hydrogen-bond donors (Lipinski definition) is 2. The fraction of sp³-hybridized carbons (Fsp3) is 0.188. The zero-order chi connectivity index (χ0) is 17.0. The smallest absolute Gasteiger partial charge is 0.261 e. The van der Waals surface area contributed by atoms with E-state index >= 15 is 0 Å². The minimum Gasteiger partial charge on any atom is -0.495 e. The second-order valence-electron chi connectivity index (χ2n) is 5.02. The molecule has 7 heteroatoms. The third-order valence-corrected chi connectivity index (χ3v) is 4.44. The van der Waals surface area contributed by atoms with Crippen molar-refractivity contribution in [3.05, 3.63) is 48.0 Å². The summed E-state index contributed by atoms with van der Waals surface area (Å²) in [4.78, 5) is 11.3. The van der Waals surface area contributed by atoms with Gasteiger partial charge >= 0.3 is 0 Å². The number of nitrogens with one attached hydrogen (secondary N) is 2. The van der Waals surface area contributed by atoms with Crippen molar-refractivity contribution in [3.63, 3.8) is 0 Å². The number of benzene rings is 2. The zero-order valence-corrected chi connectivity index (χ0v) is 13.9. The fourth-order valence-corrected chi connectivity index (χ4v) is 3.14. The molecule has 0 radical (unpaired) electrons. The Morgan fingerprint density at radius 3 is 2.48 bits per heavy atom. The van der Waals surface area contributed by atoms with Crippen LogP contribution in [0.25, 0.3) is 0 Å². The quantitative estimate of drug-likeness (QED) is 0.880. The van der Waals surface area contributed by atoms with Crippen LogP contribution in [-0.2, 0) is 14.8 Å². The Bertz CT molecular complexity index is 832. The van der Waals surface area contributed by atoms with Crippen LogP contribution >= 0.6 is 0 Å². The molecular formula is C16H18N2O4S. The summed E-state index contributed by atoms with van der Waals surface area (Å²) in [5.74, 6) is 0.0687. The Balaban J connectivity index is 2.37. The predicted molar refractivity (Wildman–Crippen MR) is 89.3 cm³/mol. The Morgan fingerprint density at radius 1 is 1.13 bits per heavy atom. The van der Waals surface area contributed by atoms with Gasteiger partial charge in [0.05, 0.1) is 17.7 Å². The number of anilines is 2. The van der Waals surface area contributed by atoms with Crippen molar-refractivity contribution in [2.75, 3.05) is 17.1 Å². The van der Waals surface area contributed by atoms with Gasteiger partial charge in [0.2, 0.25) is 5.91 Å². The van der Waals surface area contributed by atoms with Crippen LogP contribution in [0.15, 0.2) is 47.4 Å². The average Bonchev–Trinajstić information content (AvgIpc) is 2.46. The number of amides is 1. The molecule has 0 aliphatic carbocycles. The number of ether oxygens (including phenoxy) is 1. The monoisotopic (exact) mass is 334 g/mol. The van der Waals surface area contributed by atoms with Crippen LogP contribution in [0.2, 0.25) is 0 Å². The standard InChI is InChI=1S/C16H18N2O4S/c1-11-5-4-6-13(9-11)18-23(20,21)14-7-8-16(22-3)15(10-14)17-12(2)19/h4-10,18H,1-3H3,(H,17,19). The summed E-state index contributed by atoms with van der Waals surface area (Å²) in [6.45, 7) is 3.21. The van der Waals surface area contributed by atoms with Crippen molar-refractivity contribution in [1.29, 1.82) is 0 Å². The number of hydrogen-bond acceptors (Lipinski definition) is 4. The van der Waals surface area contributed by atoms with E-state index < -0.39 is 10.0 Å². The highest BCUT2D eigenvalue weighted by Crippen LogP contribution is 2.28. The average molecular weight is 334 g/mol. The molecule has 0 atom stereocenters. The van der Waals surface area contributed by atoms with Crippen molar-refractivity contribution in [3.8, 4) is 5.75 Å². The van der Waals surface area contributed by atoms with E-state index in [0.717, 1.165) is 5.56 Å². The fourth-order valence-electron chi connectivity index (χ4n) is 2.06. The molecule has 0 fully saturated rings. The highest BCUT2D eigenvalue weighted by molar-refractivity contribution is 7.92. The van der Waals surface area contributed by atoms with Crippen molar-refractivity contribution in [1.82, 2.24) is 0 Å². The third-order valence-electron chi connectivity index (χ3n) is 3.06. The molecule has 122 valence electrons. The van der Waals surface area contributed by atoms with Crippen LogP contribution in [0.1, 0.15) is 12.5 Å². The molecule has 2 N–H and O–H groups in total. The van der Waals surface area contributed by atoms with Gasteiger partial charge in [-0.3, -0.25) is 9.52 Å². The largest absolute Gasteiger partial charge is 0.495 e. The molecule has 0 aromatic heterocycles. The molecule has 0 aliphatic heterocycles. The number of rotatable bonds is 5. The lowest BCUT2D eigenvalue weighted by Crippen LogP contribution is -2.14. The van der Waals surface area contributed by atoms with E-state index in [1.54, 1.807) is 18.2 Å². The predicted octanol–water partition coefficient (Wildman–Crippen LogP) is 2.76. The van der Waals surface area contributed by atoms with E-state index in [-0.39, 0.29) is 10.8 Å². The third kappa shape index (κ3) is 4.23. The van der Waals surface area contributed by atoms with Gasteiger partial charge in [-0.25, -0.2) is 8.42 Å². The van der Waals surface area contributed by atoms with Crippen LogP contribution in [-0.4, -0.2) is 21.4 Å². The molecule has 6 nitrogen and oxygen atoms in total. The van der Waals surface area contributed by atoms with Gasteiger partial charge in [-0.2, -0.15) is 0 Å². The first-order valence-electron chi connectivity index (χ1n) is 6.87. The van der Waals surface area contributed by atoms with Crippen LogP contribution in [0, 0.1) is 6.92 Å².